The highest BCUT2D eigenvalue weighted by Gasteiger charge is 2.24. The number of anilines is 1. The molecule has 0 aliphatic heterocycles. The first-order valence-corrected chi connectivity index (χ1v) is 12.9. The van der Waals surface area contributed by atoms with Gasteiger partial charge >= 0.3 is 5.97 Å². The molecule has 38 heavy (non-hydrogen) atoms. The molecule has 2 aromatic carbocycles. The Labute approximate surface area is 227 Å². The Morgan fingerprint density at radius 3 is 2.45 bits per heavy atom. The maximum absolute atomic E-state index is 14.4. The van der Waals surface area contributed by atoms with Crippen molar-refractivity contribution in [3.05, 3.63) is 88.1 Å². The van der Waals surface area contributed by atoms with E-state index in [1.807, 2.05) is 44.2 Å². The predicted molar refractivity (Wildman–Crippen MR) is 145 cm³/mol. The van der Waals surface area contributed by atoms with Crippen LogP contribution in [0.3, 0.4) is 0 Å². The number of nitrogens with one attached hydrogen (secondary N) is 2. The molecule has 196 valence electrons. The number of hydrogen-bond acceptors (Lipinski definition) is 5. The number of carboxylic acids is 1. The Hall–Kier alpha value is -4.02. The summed E-state index contributed by atoms with van der Waals surface area (Å²) in [6, 6.07) is 14.9. The van der Waals surface area contributed by atoms with Gasteiger partial charge in [0, 0.05) is 17.4 Å². The van der Waals surface area contributed by atoms with E-state index in [2.05, 4.69) is 15.7 Å². The van der Waals surface area contributed by atoms with Gasteiger partial charge in [-0.1, -0.05) is 43.6 Å². The van der Waals surface area contributed by atoms with Crippen LogP contribution in [0.15, 0.2) is 66.9 Å². The van der Waals surface area contributed by atoms with Crippen molar-refractivity contribution < 1.29 is 23.9 Å². The van der Waals surface area contributed by atoms with Gasteiger partial charge in [-0.15, -0.1) is 11.3 Å². The van der Waals surface area contributed by atoms with Gasteiger partial charge in [0.15, 0.2) is 0 Å². The lowest BCUT2D eigenvalue weighted by Crippen LogP contribution is -2.41. The highest BCUT2D eigenvalue weighted by molar-refractivity contribution is 7.19. The molecule has 0 unspecified atom stereocenters. The van der Waals surface area contributed by atoms with Gasteiger partial charge in [0.05, 0.1) is 20.5 Å². The van der Waals surface area contributed by atoms with Gasteiger partial charge in [0.1, 0.15) is 17.6 Å². The summed E-state index contributed by atoms with van der Waals surface area (Å²) < 4.78 is 16.5. The number of amides is 2. The standard InChI is InChI=1S/C27H24ClFN4O4S/c1-15(2)10-21(27(36)37)31-25(34)16-11-17(29)13-18(12-16)30-26(35)20-14-33(19-6-4-3-5-7-19)32-24(20)22-8-9-23(28)38-22/h3-9,11-15,21H,10H2,1-2H3,(H,30,35)(H,31,34)(H,36,37)/t21-/m0/s1. The first-order valence-electron chi connectivity index (χ1n) is 11.7. The summed E-state index contributed by atoms with van der Waals surface area (Å²) in [6.07, 6.45) is 1.77. The number of rotatable bonds is 9. The molecule has 0 spiro atoms. The number of carbonyl (C=O) groups excluding carboxylic acids is 2. The molecule has 0 aliphatic rings. The molecule has 0 bridgehead atoms. The van der Waals surface area contributed by atoms with Crippen LogP contribution in [0.5, 0.6) is 0 Å². The van der Waals surface area contributed by atoms with E-state index in [0.717, 1.165) is 17.8 Å². The van der Waals surface area contributed by atoms with Crippen LogP contribution in [0.1, 0.15) is 41.0 Å². The Morgan fingerprint density at radius 2 is 1.82 bits per heavy atom. The molecular formula is C27H24ClFN4O4S. The molecule has 4 aromatic rings. The smallest absolute Gasteiger partial charge is 0.326 e. The average molecular weight is 555 g/mol. The molecule has 2 aromatic heterocycles. The lowest BCUT2D eigenvalue weighted by Gasteiger charge is -2.17. The molecule has 8 nitrogen and oxygen atoms in total. The number of thiophene rings is 1. The number of carbonyl (C=O) groups is 3. The van der Waals surface area contributed by atoms with Gasteiger partial charge in [-0.2, -0.15) is 5.10 Å². The Kier molecular flexibility index (Phi) is 8.23. The highest BCUT2D eigenvalue weighted by atomic mass is 35.5. The van der Waals surface area contributed by atoms with Crippen LogP contribution in [0.4, 0.5) is 10.1 Å². The van der Waals surface area contributed by atoms with Gasteiger partial charge in [0.2, 0.25) is 0 Å². The molecule has 3 N–H and O–H groups in total. The number of halogens is 2. The van der Waals surface area contributed by atoms with Crippen molar-refractivity contribution in [2.75, 3.05) is 5.32 Å². The summed E-state index contributed by atoms with van der Waals surface area (Å²) >= 11 is 7.37. The maximum atomic E-state index is 14.4. The Balaban J connectivity index is 1.62. The third-order valence-corrected chi connectivity index (χ3v) is 6.75. The molecule has 0 radical (unpaired) electrons. The van der Waals surface area contributed by atoms with Crippen molar-refractivity contribution >= 4 is 46.4 Å². The number of aromatic nitrogens is 2. The minimum absolute atomic E-state index is 0.0167. The maximum Gasteiger partial charge on any atom is 0.326 e. The molecule has 0 saturated carbocycles. The molecule has 4 rings (SSSR count). The normalized spacial score (nSPS) is 11.8. The highest BCUT2D eigenvalue weighted by Crippen LogP contribution is 2.33. The van der Waals surface area contributed by atoms with Crippen molar-refractivity contribution in [1.29, 1.82) is 0 Å². The Morgan fingerprint density at radius 1 is 1.08 bits per heavy atom. The van der Waals surface area contributed by atoms with Crippen LogP contribution < -0.4 is 10.6 Å². The lowest BCUT2D eigenvalue weighted by atomic mass is 10.0. The van der Waals surface area contributed by atoms with Gasteiger partial charge < -0.3 is 15.7 Å². The van der Waals surface area contributed by atoms with E-state index < -0.39 is 29.6 Å². The van der Waals surface area contributed by atoms with E-state index in [1.54, 1.807) is 23.0 Å². The van der Waals surface area contributed by atoms with Crippen molar-refractivity contribution in [2.45, 2.75) is 26.3 Å². The van der Waals surface area contributed by atoms with Gasteiger partial charge in [-0.05, 0) is 54.8 Å². The SMILES string of the molecule is CC(C)C[C@H](NC(=O)c1cc(F)cc(NC(=O)c2cn(-c3ccccc3)nc2-c2ccc(Cl)s2)c1)C(=O)O. The largest absolute Gasteiger partial charge is 0.480 e. The number of nitrogens with zero attached hydrogens (tertiary/aromatic N) is 2. The van der Waals surface area contributed by atoms with Crippen LogP contribution in [-0.4, -0.2) is 38.7 Å². The van der Waals surface area contributed by atoms with E-state index in [4.69, 9.17) is 11.6 Å². The average Bonchev–Trinajstić information content (AvgIpc) is 3.50. The van der Waals surface area contributed by atoms with E-state index in [0.29, 0.717) is 14.9 Å². The zero-order chi connectivity index (χ0) is 27.4. The van der Waals surface area contributed by atoms with Crippen LogP contribution >= 0.6 is 22.9 Å². The van der Waals surface area contributed by atoms with Crippen molar-refractivity contribution in [3.63, 3.8) is 0 Å². The zero-order valence-corrected chi connectivity index (χ0v) is 22.0. The fourth-order valence-electron chi connectivity index (χ4n) is 3.80. The minimum atomic E-state index is -1.19. The molecule has 0 fully saturated rings. The molecule has 1 atom stereocenters. The van der Waals surface area contributed by atoms with E-state index in [-0.39, 0.29) is 29.2 Å². The second-order valence-electron chi connectivity index (χ2n) is 8.95. The summed E-state index contributed by atoms with van der Waals surface area (Å²) in [5, 5.41) is 19.0. The number of carboxylic acid groups (broad SMARTS) is 1. The summed E-state index contributed by atoms with van der Waals surface area (Å²) in [5.74, 6) is -3.28. The number of benzene rings is 2. The third-order valence-electron chi connectivity index (χ3n) is 5.51. The second kappa shape index (κ2) is 11.6. The first-order chi connectivity index (χ1) is 18.1. The summed E-state index contributed by atoms with van der Waals surface area (Å²) in [7, 11) is 0. The topological polar surface area (TPSA) is 113 Å². The van der Waals surface area contributed by atoms with Crippen LogP contribution in [-0.2, 0) is 4.79 Å². The monoisotopic (exact) mass is 554 g/mol. The molecule has 2 heterocycles. The van der Waals surface area contributed by atoms with Gasteiger partial charge in [-0.3, -0.25) is 9.59 Å². The molecule has 11 heteroatoms. The fourth-order valence-corrected chi connectivity index (χ4v) is 4.84. The number of hydrogen-bond donors (Lipinski definition) is 3. The summed E-state index contributed by atoms with van der Waals surface area (Å²) in [6.45, 7) is 3.66. The van der Waals surface area contributed by atoms with Crippen LogP contribution in [0, 0.1) is 11.7 Å². The predicted octanol–water partition coefficient (Wildman–Crippen LogP) is 5.87. The molecule has 0 saturated heterocycles. The fraction of sp³-hybridized carbons (Fsp3) is 0.185. The quantitative estimate of drug-likeness (QED) is 0.239. The molecule has 2 amide bonds. The first kappa shape index (κ1) is 27.0. The van der Waals surface area contributed by atoms with Crippen LogP contribution in [0.25, 0.3) is 16.3 Å². The van der Waals surface area contributed by atoms with Crippen molar-refractivity contribution in [3.8, 4) is 16.3 Å². The van der Waals surface area contributed by atoms with Gasteiger partial charge in [-0.25, -0.2) is 13.9 Å². The second-order valence-corrected chi connectivity index (χ2v) is 10.7. The van der Waals surface area contributed by atoms with Crippen LogP contribution in [0.2, 0.25) is 4.34 Å². The third kappa shape index (κ3) is 6.45. The molecule has 0 aliphatic carbocycles. The zero-order valence-electron chi connectivity index (χ0n) is 20.4. The Bertz CT molecular complexity index is 1490. The van der Waals surface area contributed by atoms with E-state index >= 15 is 0 Å². The summed E-state index contributed by atoms with van der Waals surface area (Å²) in [5.41, 5.74) is 1.23. The van der Waals surface area contributed by atoms with E-state index in [9.17, 15) is 23.9 Å². The lowest BCUT2D eigenvalue weighted by molar-refractivity contribution is -0.139. The van der Waals surface area contributed by atoms with Gasteiger partial charge in [0.25, 0.3) is 11.8 Å². The number of para-hydroxylation sites is 1. The van der Waals surface area contributed by atoms with Crippen molar-refractivity contribution in [2.24, 2.45) is 5.92 Å². The summed E-state index contributed by atoms with van der Waals surface area (Å²) in [4.78, 5) is 38.3. The molecular weight excluding hydrogens is 531 g/mol. The van der Waals surface area contributed by atoms with E-state index in [1.165, 1.54) is 17.4 Å². The number of aliphatic carboxylic acids is 1. The van der Waals surface area contributed by atoms with Crippen molar-refractivity contribution in [1.82, 2.24) is 15.1 Å². The minimum Gasteiger partial charge on any atom is -0.480 e.